The Morgan fingerprint density at radius 3 is 2.33 bits per heavy atom. The van der Waals surface area contributed by atoms with E-state index in [0.717, 1.165) is 25.9 Å². The molecule has 0 aliphatic rings. The SMILES string of the molecule is Cc1ccc(N[C@@H](C)C(=O)c2c(N)n(C)c(=O)n(C)c2=O)cc1C. The molecule has 0 aliphatic carbocycles. The Hall–Kier alpha value is -2.83. The first kappa shape index (κ1) is 17.5. The van der Waals surface area contributed by atoms with Crippen LogP contribution in [0.3, 0.4) is 0 Å². The normalized spacial score (nSPS) is 12.0. The van der Waals surface area contributed by atoms with Crippen LogP contribution in [0, 0.1) is 13.8 Å². The van der Waals surface area contributed by atoms with Gasteiger partial charge in [0.15, 0.2) is 5.78 Å². The zero-order valence-electron chi connectivity index (χ0n) is 14.5. The van der Waals surface area contributed by atoms with E-state index in [0.29, 0.717) is 0 Å². The fraction of sp³-hybridized carbons (Fsp3) is 0.353. The van der Waals surface area contributed by atoms with Crippen LogP contribution < -0.4 is 22.3 Å². The summed E-state index contributed by atoms with van der Waals surface area (Å²) in [4.78, 5) is 36.8. The highest BCUT2D eigenvalue weighted by Crippen LogP contribution is 2.16. The lowest BCUT2D eigenvalue weighted by Crippen LogP contribution is -2.43. The number of hydrogen-bond acceptors (Lipinski definition) is 5. The molecule has 0 aliphatic heterocycles. The number of aryl methyl sites for hydroxylation is 2. The van der Waals surface area contributed by atoms with E-state index in [2.05, 4.69) is 5.32 Å². The molecule has 7 nitrogen and oxygen atoms in total. The molecule has 128 valence electrons. The first-order valence-electron chi connectivity index (χ1n) is 7.58. The summed E-state index contributed by atoms with van der Waals surface area (Å²) in [5.74, 6) is -0.580. The van der Waals surface area contributed by atoms with Crippen LogP contribution in [0.2, 0.25) is 0 Å². The predicted octanol–water partition coefficient (Wildman–Crippen LogP) is 0.966. The van der Waals surface area contributed by atoms with Crippen molar-refractivity contribution in [3.8, 4) is 0 Å². The maximum atomic E-state index is 12.7. The van der Waals surface area contributed by atoms with Gasteiger partial charge in [-0.3, -0.25) is 18.7 Å². The number of rotatable bonds is 4. The van der Waals surface area contributed by atoms with Gasteiger partial charge in [-0.2, -0.15) is 0 Å². The average molecular weight is 330 g/mol. The summed E-state index contributed by atoms with van der Waals surface area (Å²) in [6.07, 6.45) is 0. The lowest BCUT2D eigenvalue weighted by molar-refractivity contribution is 0.0973. The van der Waals surface area contributed by atoms with Crippen molar-refractivity contribution < 1.29 is 4.79 Å². The van der Waals surface area contributed by atoms with Crippen molar-refractivity contribution in [1.82, 2.24) is 9.13 Å². The molecule has 0 saturated carbocycles. The van der Waals surface area contributed by atoms with E-state index in [-0.39, 0.29) is 11.4 Å². The zero-order valence-corrected chi connectivity index (χ0v) is 14.5. The molecule has 1 heterocycles. The van der Waals surface area contributed by atoms with Gasteiger partial charge in [-0.1, -0.05) is 6.07 Å². The third-order valence-electron chi connectivity index (χ3n) is 4.24. The van der Waals surface area contributed by atoms with Crippen LogP contribution in [-0.4, -0.2) is 21.0 Å². The first-order chi connectivity index (χ1) is 11.1. The number of aromatic nitrogens is 2. The van der Waals surface area contributed by atoms with Gasteiger partial charge in [0.05, 0.1) is 6.04 Å². The fourth-order valence-electron chi connectivity index (χ4n) is 2.45. The van der Waals surface area contributed by atoms with Crippen molar-refractivity contribution in [2.75, 3.05) is 11.1 Å². The second-order valence-corrected chi connectivity index (χ2v) is 6.00. The van der Waals surface area contributed by atoms with Gasteiger partial charge in [0, 0.05) is 19.8 Å². The van der Waals surface area contributed by atoms with E-state index in [1.54, 1.807) is 6.92 Å². The Kier molecular flexibility index (Phi) is 4.64. The van der Waals surface area contributed by atoms with Crippen molar-refractivity contribution >= 4 is 17.3 Å². The molecule has 1 aromatic carbocycles. The zero-order chi connectivity index (χ0) is 18.2. The van der Waals surface area contributed by atoms with Crippen LogP contribution in [0.4, 0.5) is 11.5 Å². The number of anilines is 2. The van der Waals surface area contributed by atoms with Crippen LogP contribution in [0.5, 0.6) is 0 Å². The van der Waals surface area contributed by atoms with E-state index in [9.17, 15) is 14.4 Å². The molecule has 3 N–H and O–H groups in total. The monoisotopic (exact) mass is 330 g/mol. The highest BCUT2D eigenvalue weighted by Gasteiger charge is 2.24. The highest BCUT2D eigenvalue weighted by atomic mass is 16.2. The van der Waals surface area contributed by atoms with E-state index in [4.69, 9.17) is 5.73 Å². The van der Waals surface area contributed by atoms with E-state index >= 15 is 0 Å². The number of carbonyl (C=O) groups is 1. The van der Waals surface area contributed by atoms with Gasteiger partial charge >= 0.3 is 5.69 Å². The summed E-state index contributed by atoms with van der Waals surface area (Å²) in [6, 6.07) is 5.09. The molecule has 0 amide bonds. The van der Waals surface area contributed by atoms with Crippen molar-refractivity contribution in [3.63, 3.8) is 0 Å². The lowest BCUT2D eigenvalue weighted by atomic mass is 10.1. The second-order valence-electron chi connectivity index (χ2n) is 6.00. The van der Waals surface area contributed by atoms with Crippen molar-refractivity contribution in [2.45, 2.75) is 26.8 Å². The number of nitrogens with one attached hydrogen (secondary N) is 1. The smallest absolute Gasteiger partial charge is 0.332 e. The third-order valence-corrected chi connectivity index (χ3v) is 4.24. The molecule has 0 fully saturated rings. The molecule has 7 heteroatoms. The lowest BCUT2D eigenvalue weighted by Gasteiger charge is -2.17. The molecule has 0 bridgehead atoms. The molecule has 1 aromatic heterocycles. The molecule has 24 heavy (non-hydrogen) atoms. The van der Waals surface area contributed by atoms with Crippen LogP contribution in [0.25, 0.3) is 0 Å². The number of hydrogen-bond donors (Lipinski definition) is 2. The largest absolute Gasteiger partial charge is 0.384 e. The van der Waals surface area contributed by atoms with Gasteiger partial charge in [0.2, 0.25) is 0 Å². The standard InChI is InChI=1S/C17H22N4O3/c1-9-6-7-12(8-10(9)2)19-11(3)14(22)13-15(18)20(4)17(24)21(5)16(13)23/h6-8,11,19H,18H2,1-5H3/t11-/m0/s1. The van der Waals surface area contributed by atoms with Gasteiger partial charge in [0.1, 0.15) is 11.4 Å². The molecule has 1 atom stereocenters. The second kappa shape index (κ2) is 6.35. The van der Waals surface area contributed by atoms with E-state index in [1.807, 2.05) is 32.0 Å². The molecule has 0 radical (unpaired) electrons. The maximum Gasteiger partial charge on any atom is 0.332 e. The molecule has 0 saturated heterocycles. The maximum absolute atomic E-state index is 12.7. The molecular weight excluding hydrogens is 308 g/mol. The van der Waals surface area contributed by atoms with Crippen LogP contribution in [0.1, 0.15) is 28.4 Å². The predicted molar refractivity (Wildman–Crippen MR) is 94.7 cm³/mol. The van der Waals surface area contributed by atoms with Crippen LogP contribution >= 0.6 is 0 Å². The van der Waals surface area contributed by atoms with Gasteiger partial charge in [-0.05, 0) is 44.0 Å². The number of benzene rings is 1. The Morgan fingerprint density at radius 2 is 1.75 bits per heavy atom. The highest BCUT2D eigenvalue weighted by molar-refractivity contribution is 6.04. The van der Waals surface area contributed by atoms with Crippen molar-refractivity contribution in [2.24, 2.45) is 14.1 Å². The third kappa shape index (κ3) is 2.97. The Bertz CT molecular complexity index is 925. The number of nitrogen functional groups attached to an aromatic ring is 1. The summed E-state index contributed by atoms with van der Waals surface area (Å²) in [7, 11) is 2.75. The van der Waals surface area contributed by atoms with Gasteiger partial charge in [-0.15, -0.1) is 0 Å². The Labute approximate surface area is 139 Å². The van der Waals surface area contributed by atoms with E-state index in [1.165, 1.54) is 14.1 Å². The van der Waals surface area contributed by atoms with Gasteiger partial charge < -0.3 is 11.1 Å². The fourth-order valence-corrected chi connectivity index (χ4v) is 2.45. The first-order valence-corrected chi connectivity index (χ1v) is 7.58. The summed E-state index contributed by atoms with van der Waals surface area (Å²) in [6.45, 7) is 5.64. The van der Waals surface area contributed by atoms with Crippen LogP contribution in [-0.2, 0) is 14.1 Å². The molecule has 0 spiro atoms. The van der Waals surface area contributed by atoms with Gasteiger partial charge in [0.25, 0.3) is 5.56 Å². The molecule has 2 rings (SSSR count). The Morgan fingerprint density at radius 1 is 1.12 bits per heavy atom. The number of nitrogens with two attached hydrogens (primary N) is 1. The minimum Gasteiger partial charge on any atom is -0.384 e. The number of carbonyl (C=O) groups excluding carboxylic acids is 1. The van der Waals surface area contributed by atoms with Crippen molar-refractivity contribution in [3.05, 3.63) is 55.7 Å². The Balaban J connectivity index is 2.40. The number of ketones is 1. The number of nitrogens with zero attached hydrogens (tertiary/aromatic N) is 2. The minimum atomic E-state index is -0.686. The minimum absolute atomic E-state index is 0.123. The summed E-state index contributed by atoms with van der Waals surface area (Å²) < 4.78 is 1.98. The van der Waals surface area contributed by atoms with E-state index < -0.39 is 23.1 Å². The number of Topliss-reactive ketones (excluding diaryl/α,β-unsaturated/α-hetero) is 1. The topological polar surface area (TPSA) is 99.1 Å². The van der Waals surface area contributed by atoms with Crippen LogP contribution in [0.15, 0.2) is 27.8 Å². The molecular formula is C17H22N4O3. The summed E-state index contributed by atoms with van der Waals surface area (Å²) >= 11 is 0. The quantitative estimate of drug-likeness (QED) is 0.814. The average Bonchev–Trinajstić information content (AvgIpc) is 2.54. The van der Waals surface area contributed by atoms with Gasteiger partial charge in [-0.25, -0.2) is 4.79 Å². The molecule has 0 unspecified atom stereocenters. The summed E-state index contributed by atoms with van der Waals surface area (Å²) in [5.41, 5.74) is 7.42. The van der Waals surface area contributed by atoms with Crippen molar-refractivity contribution in [1.29, 1.82) is 0 Å². The molecule has 2 aromatic rings. The summed E-state index contributed by atoms with van der Waals surface area (Å²) in [5, 5.41) is 3.08.